The Hall–Kier alpha value is -2.85. The van der Waals surface area contributed by atoms with Gasteiger partial charge >= 0.3 is 0 Å². The Labute approximate surface area is 205 Å². The molecule has 1 aromatic heterocycles. The third-order valence-electron chi connectivity index (χ3n) is 5.90. The summed E-state index contributed by atoms with van der Waals surface area (Å²) in [6.07, 6.45) is 0.394. The Morgan fingerprint density at radius 3 is 2.66 bits per heavy atom. The van der Waals surface area contributed by atoms with Crippen molar-refractivity contribution < 1.29 is 29.3 Å². The number of benzene rings is 1. The van der Waals surface area contributed by atoms with E-state index < -0.39 is 30.6 Å². The number of pyridine rings is 1. The second kappa shape index (κ2) is 13.3. The number of nitrogens with one attached hydrogen (secondary N) is 2. The molecule has 4 unspecified atom stereocenters. The molecule has 1 fully saturated rings. The molecular weight excluding hydrogens is 450 g/mol. The van der Waals surface area contributed by atoms with Crippen LogP contribution < -0.4 is 10.6 Å². The van der Waals surface area contributed by atoms with Gasteiger partial charge in [-0.1, -0.05) is 31.5 Å². The first-order valence-electron chi connectivity index (χ1n) is 12.1. The van der Waals surface area contributed by atoms with Gasteiger partial charge in [0.15, 0.2) is 6.29 Å². The van der Waals surface area contributed by atoms with Crippen LogP contribution in [0.25, 0.3) is 11.3 Å². The Kier molecular flexibility index (Phi) is 10.2. The molecule has 2 aromatic rings. The van der Waals surface area contributed by atoms with Crippen LogP contribution in [0, 0.1) is 0 Å². The lowest BCUT2D eigenvalue weighted by atomic mass is 9.93. The maximum atomic E-state index is 12.6. The predicted octanol–water partition coefficient (Wildman–Crippen LogP) is 2.03. The lowest BCUT2D eigenvalue weighted by Crippen LogP contribution is -2.61. The molecule has 2 amide bonds. The second-order valence-corrected chi connectivity index (χ2v) is 8.69. The van der Waals surface area contributed by atoms with E-state index >= 15 is 0 Å². The fourth-order valence-corrected chi connectivity index (χ4v) is 4.01. The highest BCUT2D eigenvalue weighted by molar-refractivity contribution is 5.94. The summed E-state index contributed by atoms with van der Waals surface area (Å²) in [5.41, 5.74) is 2.22. The number of aliphatic hydroxyl groups is 2. The number of carbonyl (C=O) groups is 2. The van der Waals surface area contributed by atoms with Crippen molar-refractivity contribution in [3.63, 3.8) is 0 Å². The molecule has 0 bridgehead atoms. The molecule has 1 aliphatic rings. The Bertz CT molecular complexity index is 940. The summed E-state index contributed by atoms with van der Waals surface area (Å²) in [6.45, 7) is 4.06. The summed E-state index contributed by atoms with van der Waals surface area (Å²) in [4.78, 5) is 28.5. The molecule has 1 saturated heterocycles. The lowest BCUT2D eigenvalue weighted by Gasteiger charge is -2.41. The largest absolute Gasteiger partial charge is 0.391 e. The summed E-state index contributed by atoms with van der Waals surface area (Å²) < 4.78 is 11.6. The van der Waals surface area contributed by atoms with E-state index in [-0.39, 0.29) is 31.2 Å². The summed E-state index contributed by atoms with van der Waals surface area (Å²) in [7, 11) is 0. The van der Waals surface area contributed by atoms with Crippen LogP contribution in [0.15, 0.2) is 48.7 Å². The fourth-order valence-electron chi connectivity index (χ4n) is 4.01. The minimum Gasteiger partial charge on any atom is -0.391 e. The van der Waals surface area contributed by atoms with Crippen molar-refractivity contribution in [3.8, 4) is 11.3 Å². The van der Waals surface area contributed by atoms with Gasteiger partial charge in [-0.15, -0.1) is 0 Å². The standard InChI is InChI=1S/C26H35N3O6/c1-3-4-15-34-23-16-22(32)24(29-17(2)30)25(35-23)21(31)12-14-28-26(33)19-10-8-18(9-11-19)20-7-5-6-13-27-20/h5-11,13,21-25,31-32H,3-4,12,14-16H2,1-2H3,(H,28,33)(H,29,30)/t21?,22?,23?,24-,25?/m1/s1. The van der Waals surface area contributed by atoms with Crippen LogP contribution in [0.1, 0.15) is 49.9 Å². The van der Waals surface area contributed by atoms with E-state index in [0.717, 1.165) is 24.1 Å². The molecule has 3 rings (SSSR count). The number of nitrogens with zero attached hydrogens (tertiary/aromatic N) is 1. The van der Waals surface area contributed by atoms with Crippen LogP contribution in [-0.2, 0) is 14.3 Å². The Morgan fingerprint density at radius 2 is 2.00 bits per heavy atom. The number of carbonyl (C=O) groups excluding carboxylic acids is 2. The van der Waals surface area contributed by atoms with Crippen molar-refractivity contribution in [2.45, 2.75) is 70.2 Å². The van der Waals surface area contributed by atoms with Crippen LogP contribution in [0.3, 0.4) is 0 Å². The normalized spacial score (nSPS) is 22.9. The van der Waals surface area contributed by atoms with Crippen LogP contribution in [0.2, 0.25) is 0 Å². The zero-order chi connectivity index (χ0) is 25.2. The molecular formula is C26H35N3O6. The third-order valence-corrected chi connectivity index (χ3v) is 5.90. The molecule has 5 atom stereocenters. The lowest BCUT2D eigenvalue weighted by molar-refractivity contribution is -0.244. The van der Waals surface area contributed by atoms with E-state index in [9.17, 15) is 19.8 Å². The van der Waals surface area contributed by atoms with Crippen molar-refractivity contribution in [3.05, 3.63) is 54.2 Å². The quantitative estimate of drug-likeness (QED) is 0.358. The van der Waals surface area contributed by atoms with E-state index in [0.29, 0.717) is 12.2 Å². The van der Waals surface area contributed by atoms with Gasteiger partial charge in [0, 0.05) is 43.8 Å². The Balaban J connectivity index is 1.54. The van der Waals surface area contributed by atoms with Crippen molar-refractivity contribution in [1.29, 1.82) is 0 Å². The molecule has 190 valence electrons. The van der Waals surface area contributed by atoms with Crippen molar-refractivity contribution in [2.24, 2.45) is 0 Å². The number of rotatable bonds is 11. The van der Waals surface area contributed by atoms with Gasteiger partial charge in [0.1, 0.15) is 6.10 Å². The first-order valence-corrected chi connectivity index (χ1v) is 12.1. The van der Waals surface area contributed by atoms with Gasteiger partial charge in [-0.05, 0) is 37.1 Å². The minimum absolute atomic E-state index is 0.174. The summed E-state index contributed by atoms with van der Waals surface area (Å²) in [6, 6.07) is 12.0. The smallest absolute Gasteiger partial charge is 0.251 e. The van der Waals surface area contributed by atoms with E-state index in [2.05, 4.69) is 15.6 Å². The van der Waals surface area contributed by atoms with Gasteiger partial charge in [0.05, 0.1) is 23.9 Å². The van der Waals surface area contributed by atoms with E-state index in [1.165, 1.54) is 6.92 Å². The number of ether oxygens (including phenoxy) is 2. The maximum absolute atomic E-state index is 12.6. The minimum atomic E-state index is -1.04. The van der Waals surface area contributed by atoms with Crippen LogP contribution in [0.4, 0.5) is 0 Å². The van der Waals surface area contributed by atoms with Crippen LogP contribution in [-0.4, -0.2) is 70.8 Å². The predicted molar refractivity (Wildman–Crippen MR) is 130 cm³/mol. The summed E-state index contributed by atoms with van der Waals surface area (Å²) >= 11 is 0. The molecule has 0 radical (unpaired) electrons. The van der Waals surface area contributed by atoms with Crippen LogP contribution in [0.5, 0.6) is 0 Å². The van der Waals surface area contributed by atoms with Gasteiger partial charge in [-0.3, -0.25) is 14.6 Å². The number of aromatic nitrogens is 1. The van der Waals surface area contributed by atoms with E-state index in [4.69, 9.17) is 9.47 Å². The number of hydrogen-bond donors (Lipinski definition) is 4. The van der Waals surface area contributed by atoms with Gasteiger partial charge in [0.25, 0.3) is 5.91 Å². The molecule has 0 spiro atoms. The highest BCUT2D eigenvalue weighted by Crippen LogP contribution is 2.25. The molecule has 0 aliphatic carbocycles. The highest BCUT2D eigenvalue weighted by atomic mass is 16.7. The van der Waals surface area contributed by atoms with Gasteiger partial charge in [-0.2, -0.15) is 0 Å². The number of hydrogen-bond acceptors (Lipinski definition) is 7. The number of unbranched alkanes of at least 4 members (excludes halogenated alkanes) is 1. The Morgan fingerprint density at radius 1 is 1.23 bits per heavy atom. The van der Waals surface area contributed by atoms with Gasteiger partial charge in [0.2, 0.25) is 5.91 Å². The second-order valence-electron chi connectivity index (χ2n) is 8.69. The zero-order valence-corrected chi connectivity index (χ0v) is 20.2. The molecule has 2 heterocycles. The fraction of sp³-hybridized carbons (Fsp3) is 0.500. The van der Waals surface area contributed by atoms with E-state index in [1.54, 1.807) is 18.3 Å². The topological polar surface area (TPSA) is 130 Å². The van der Waals surface area contributed by atoms with E-state index in [1.807, 2.05) is 37.3 Å². The maximum Gasteiger partial charge on any atom is 0.251 e. The van der Waals surface area contributed by atoms with Crippen molar-refractivity contribution in [2.75, 3.05) is 13.2 Å². The van der Waals surface area contributed by atoms with Gasteiger partial charge < -0.3 is 30.3 Å². The summed E-state index contributed by atoms with van der Waals surface area (Å²) in [5, 5.41) is 26.8. The van der Waals surface area contributed by atoms with Crippen molar-refractivity contribution >= 4 is 11.8 Å². The molecule has 0 saturated carbocycles. The number of amides is 2. The molecule has 4 N–H and O–H groups in total. The monoisotopic (exact) mass is 485 g/mol. The molecule has 1 aromatic carbocycles. The summed E-state index contributed by atoms with van der Waals surface area (Å²) in [5.74, 6) is -0.601. The molecule has 9 heteroatoms. The van der Waals surface area contributed by atoms with Gasteiger partial charge in [-0.25, -0.2) is 0 Å². The highest BCUT2D eigenvalue weighted by Gasteiger charge is 2.42. The SMILES string of the molecule is CCCCOC1CC(O)[C@@H](NC(C)=O)C(C(O)CCNC(=O)c2ccc(-c3ccccn3)cc2)O1. The average molecular weight is 486 g/mol. The molecule has 9 nitrogen and oxygen atoms in total. The molecule has 35 heavy (non-hydrogen) atoms. The van der Waals surface area contributed by atoms with Crippen LogP contribution >= 0.6 is 0 Å². The molecule has 1 aliphatic heterocycles. The van der Waals surface area contributed by atoms with Crippen molar-refractivity contribution in [1.82, 2.24) is 15.6 Å². The number of aliphatic hydroxyl groups excluding tert-OH is 2. The average Bonchev–Trinajstić information content (AvgIpc) is 2.86. The zero-order valence-electron chi connectivity index (χ0n) is 20.2. The first-order chi connectivity index (χ1) is 16.9. The third kappa shape index (κ3) is 7.83. The first kappa shape index (κ1) is 26.7.